The van der Waals surface area contributed by atoms with E-state index in [-0.39, 0.29) is 0 Å². The van der Waals surface area contributed by atoms with Crippen LogP contribution >= 0.6 is 0 Å². The molecule has 3 aromatic heterocycles. The molecule has 0 bridgehead atoms. The lowest BCUT2D eigenvalue weighted by Crippen LogP contribution is -2.11. The van der Waals surface area contributed by atoms with Gasteiger partial charge in [-0.25, -0.2) is 9.97 Å². The Morgan fingerprint density at radius 2 is 1.46 bits per heavy atom. The van der Waals surface area contributed by atoms with E-state index in [1.165, 1.54) is 42.2 Å². The number of pyridine rings is 1. The van der Waals surface area contributed by atoms with Gasteiger partial charge in [0.1, 0.15) is 12.6 Å². The molecule has 0 aliphatic rings. The first-order valence-corrected chi connectivity index (χ1v) is 14.4. The lowest BCUT2D eigenvalue weighted by Gasteiger charge is -2.19. The van der Waals surface area contributed by atoms with Crippen LogP contribution in [0.15, 0.2) is 55.1 Å². The van der Waals surface area contributed by atoms with Gasteiger partial charge in [-0.1, -0.05) is 84.2 Å². The van der Waals surface area contributed by atoms with E-state index < -0.39 is 0 Å². The number of hydrogen-bond donors (Lipinski definition) is 0. The van der Waals surface area contributed by atoms with Crippen LogP contribution in [-0.4, -0.2) is 31.5 Å². The summed E-state index contributed by atoms with van der Waals surface area (Å²) in [6.07, 6.45) is 14.8. The van der Waals surface area contributed by atoms with Crippen LogP contribution in [0.25, 0.3) is 22.2 Å². The highest BCUT2D eigenvalue weighted by atomic mass is 16.1. The van der Waals surface area contributed by atoms with Crippen molar-refractivity contribution in [2.24, 2.45) is 5.92 Å². The SMILES string of the molecule is C=O.CC.CCCC(CCC(C)C)n1ncc2cc(-c3ccc(C)cc3)ncc21.CCCc1cnc(C)nc1. The average molecular weight is 532 g/mol. The first-order valence-electron chi connectivity index (χ1n) is 14.4. The fourth-order valence-corrected chi connectivity index (χ4v) is 4.20. The summed E-state index contributed by atoms with van der Waals surface area (Å²) in [5, 5.41) is 5.89. The highest BCUT2D eigenvalue weighted by molar-refractivity contribution is 5.82. The summed E-state index contributed by atoms with van der Waals surface area (Å²) in [6.45, 7) is 19.0. The van der Waals surface area contributed by atoms with Crippen molar-refractivity contribution in [1.82, 2.24) is 24.7 Å². The third-order valence-corrected chi connectivity index (χ3v) is 6.25. The van der Waals surface area contributed by atoms with Crippen LogP contribution in [0.4, 0.5) is 0 Å². The number of hydrogen-bond acceptors (Lipinski definition) is 5. The van der Waals surface area contributed by atoms with Gasteiger partial charge in [-0.3, -0.25) is 9.67 Å². The van der Waals surface area contributed by atoms with Gasteiger partial charge in [0.05, 0.1) is 29.6 Å². The van der Waals surface area contributed by atoms with Crippen molar-refractivity contribution >= 4 is 17.7 Å². The van der Waals surface area contributed by atoms with E-state index in [1.807, 2.05) is 52.3 Å². The second-order valence-electron chi connectivity index (χ2n) is 9.89. The number of carbonyl (C=O) groups excluding carboxylic acids is 1. The first kappa shape index (κ1) is 33.6. The van der Waals surface area contributed by atoms with E-state index in [0.29, 0.717) is 6.04 Å². The zero-order valence-electron chi connectivity index (χ0n) is 25.4. The van der Waals surface area contributed by atoms with E-state index >= 15 is 0 Å². The standard InChI is InChI=1S/C22H29N3.C8H12N2.C2H6.CH2O/c1-5-6-20(12-7-16(2)3)25-22-15-23-21(13-19(22)14-24-25)18-10-8-17(4)9-11-18;1-3-4-8-5-9-7(2)10-6-8;2*1-2/h8-11,13-16,20H,5-7,12H2,1-4H3;5-6H,3-4H2,1-2H3;1-2H3;1H2. The highest BCUT2D eigenvalue weighted by Crippen LogP contribution is 2.28. The molecule has 0 aliphatic carbocycles. The molecule has 1 atom stereocenters. The number of carbonyl (C=O) groups is 1. The quantitative estimate of drug-likeness (QED) is 0.216. The van der Waals surface area contributed by atoms with Crippen LogP contribution in [0.2, 0.25) is 0 Å². The molecule has 6 nitrogen and oxygen atoms in total. The van der Waals surface area contributed by atoms with Crippen molar-refractivity contribution in [2.75, 3.05) is 0 Å². The van der Waals surface area contributed by atoms with Crippen LogP contribution in [0.5, 0.6) is 0 Å². The molecule has 0 fully saturated rings. The molecular formula is C33H49N5O. The summed E-state index contributed by atoms with van der Waals surface area (Å²) >= 11 is 0. The molecule has 0 aliphatic heterocycles. The Hall–Kier alpha value is -3.41. The van der Waals surface area contributed by atoms with Gasteiger partial charge < -0.3 is 4.79 Å². The summed E-state index contributed by atoms with van der Waals surface area (Å²) in [5.74, 6) is 1.58. The third kappa shape index (κ3) is 11.1. The molecule has 4 aromatic rings. The molecule has 0 N–H and O–H groups in total. The first-order chi connectivity index (χ1) is 18.9. The molecule has 6 heteroatoms. The summed E-state index contributed by atoms with van der Waals surface area (Å²) < 4.78 is 2.20. The van der Waals surface area contributed by atoms with E-state index in [9.17, 15) is 0 Å². The molecule has 1 aromatic carbocycles. The Morgan fingerprint density at radius 1 is 0.821 bits per heavy atom. The van der Waals surface area contributed by atoms with Crippen LogP contribution < -0.4 is 0 Å². The summed E-state index contributed by atoms with van der Waals surface area (Å²) in [6, 6.07) is 11.2. The number of benzene rings is 1. The molecule has 0 radical (unpaired) electrons. The van der Waals surface area contributed by atoms with Crippen LogP contribution in [0.3, 0.4) is 0 Å². The van der Waals surface area contributed by atoms with Crippen molar-refractivity contribution in [3.63, 3.8) is 0 Å². The molecule has 212 valence electrons. The molecule has 0 saturated heterocycles. The smallest absolute Gasteiger partial charge is 0.125 e. The predicted octanol–water partition coefficient (Wildman–Crippen LogP) is 8.76. The predicted molar refractivity (Wildman–Crippen MR) is 165 cm³/mol. The Labute approximate surface area is 236 Å². The third-order valence-electron chi connectivity index (χ3n) is 6.25. The van der Waals surface area contributed by atoms with Gasteiger partial charge in [-0.15, -0.1) is 0 Å². The largest absolute Gasteiger partial charge is 0.307 e. The van der Waals surface area contributed by atoms with Crippen molar-refractivity contribution < 1.29 is 4.79 Å². The van der Waals surface area contributed by atoms with Gasteiger partial charge >= 0.3 is 0 Å². The second kappa shape index (κ2) is 18.8. The molecule has 1 unspecified atom stereocenters. The van der Waals surface area contributed by atoms with E-state index in [1.54, 1.807) is 0 Å². The minimum atomic E-state index is 0.469. The van der Waals surface area contributed by atoms with Crippen molar-refractivity contribution in [1.29, 1.82) is 0 Å². The van der Waals surface area contributed by atoms with Crippen molar-refractivity contribution in [3.8, 4) is 11.3 Å². The van der Waals surface area contributed by atoms with Gasteiger partial charge in [-0.05, 0) is 57.1 Å². The van der Waals surface area contributed by atoms with Gasteiger partial charge in [0.15, 0.2) is 0 Å². The van der Waals surface area contributed by atoms with Crippen molar-refractivity contribution in [3.05, 3.63) is 72.1 Å². The lowest BCUT2D eigenvalue weighted by atomic mass is 10.0. The maximum atomic E-state index is 8.00. The number of aryl methyl sites for hydroxylation is 3. The Balaban J connectivity index is 0.000000454. The minimum absolute atomic E-state index is 0.469. The second-order valence-corrected chi connectivity index (χ2v) is 9.89. The molecule has 0 saturated carbocycles. The maximum absolute atomic E-state index is 8.00. The van der Waals surface area contributed by atoms with Crippen molar-refractivity contribution in [2.45, 2.75) is 100.0 Å². The zero-order valence-corrected chi connectivity index (χ0v) is 25.4. The normalized spacial score (nSPS) is 11.0. The van der Waals surface area contributed by atoms with Crippen LogP contribution in [-0.2, 0) is 11.2 Å². The maximum Gasteiger partial charge on any atom is 0.125 e. The topological polar surface area (TPSA) is 73.6 Å². The molecule has 0 spiro atoms. The Morgan fingerprint density at radius 3 is 2.03 bits per heavy atom. The van der Waals surface area contributed by atoms with Gasteiger partial charge in [0.2, 0.25) is 0 Å². The Kier molecular flexibility index (Phi) is 16.2. The minimum Gasteiger partial charge on any atom is -0.307 e. The molecule has 4 rings (SSSR count). The van der Waals surface area contributed by atoms with E-state index in [4.69, 9.17) is 14.9 Å². The van der Waals surface area contributed by atoms with E-state index in [0.717, 1.165) is 41.4 Å². The van der Waals surface area contributed by atoms with Crippen LogP contribution in [0.1, 0.15) is 96.6 Å². The molecule has 3 heterocycles. The highest BCUT2D eigenvalue weighted by Gasteiger charge is 2.15. The number of aromatic nitrogens is 5. The van der Waals surface area contributed by atoms with Crippen LogP contribution in [0, 0.1) is 19.8 Å². The summed E-state index contributed by atoms with van der Waals surface area (Å²) in [4.78, 5) is 20.9. The molecular weight excluding hydrogens is 482 g/mol. The van der Waals surface area contributed by atoms with Gasteiger partial charge in [-0.2, -0.15) is 5.10 Å². The molecule has 0 amide bonds. The zero-order chi connectivity index (χ0) is 29.2. The number of rotatable bonds is 9. The van der Waals surface area contributed by atoms with Gasteiger partial charge in [0.25, 0.3) is 0 Å². The van der Waals surface area contributed by atoms with E-state index in [2.05, 4.69) is 79.6 Å². The summed E-state index contributed by atoms with van der Waals surface area (Å²) in [7, 11) is 0. The monoisotopic (exact) mass is 531 g/mol. The average Bonchev–Trinajstić information content (AvgIpc) is 3.38. The number of fused-ring (bicyclic) bond motifs is 1. The Bertz CT molecular complexity index is 1180. The fraction of sp³-hybridized carbons (Fsp3) is 0.485. The lowest BCUT2D eigenvalue weighted by molar-refractivity contribution is -0.0980. The fourth-order valence-electron chi connectivity index (χ4n) is 4.20. The van der Waals surface area contributed by atoms with Gasteiger partial charge in [0, 0.05) is 23.3 Å². The number of nitrogens with zero attached hydrogens (tertiary/aromatic N) is 5. The summed E-state index contributed by atoms with van der Waals surface area (Å²) in [5.41, 5.74) is 5.82. The molecule has 39 heavy (non-hydrogen) atoms.